The zero-order valence-corrected chi connectivity index (χ0v) is 11.9. The maximum atomic E-state index is 3.59. The van der Waals surface area contributed by atoms with E-state index in [4.69, 9.17) is 0 Å². The summed E-state index contributed by atoms with van der Waals surface area (Å²) in [6, 6.07) is 7.57. The van der Waals surface area contributed by atoms with Crippen molar-refractivity contribution in [2.75, 3.05) is 7.05 Å². The van der Waals surface area contributed by atoms with Crippen LogP contribution in [0.5, 0.6) is 0 Å². The number of fused-ring (bicyclic) bond motifs is 2. The van der Waals surface area contributed by atoms with Crippen LogP contribution in [0.2, 0.25) is 0 Å². The molecule has 3 rings (SSSR count). The van der Waals surface area contributed by atoms with Gasteiger partial charge in [-0.1, -0.05) is 24.6 Å². The summed E-state index contributed by atoms with van der Waals surface area (Å²) in [6.45, 7) is 4.43. The molecular weight excluding hydrogens is 218 g/mol. The van der Waals surface area contributed by atoms with Gasteiger partial charge in [0.2, 0.25) is 0 Å². The standard InChI is InChI=1S/C17H25N/c1-11-4-6-15(8-12(11)2)17(18-3)16-10-13-5-7-14(16)9-13/h4,6,8,13-14,16-18H,5,7,9-10H2,1-3H3. The van der Waals surface area contributed by atoms with Gasteiger partial charge in [-0.25, -0.2) is 0 Å². The van der Waals surface area contributed by atoms with Crippen molar-refractivity contribution in [3.05, 3.63) is 34.9 Å². The second-order valence-electron chi connectivity index (χ2n) is 6.45. The van der Waals surface area contributed by atoms with Gasteiger partial charge in [-0.3, -0.25) is 0 Å². The van der Waals surface area contributed by atoms with Gasteiger partial charge in [0, 0.05) is 6.04 Å². The minimum atomic E-state index is 0.569. The van der Waals surface area contributed by atoms with Gasteiger partial charge < -0.3 is 5.32 Å². The molecule has 18 heavy (non-hydrogen) atoms. The summed E-state index contributed by atoms with van der Waals surface area (Å²) in [7, 11) is 2.13. The molecule has 4 atom stereocenters. The predicted octanol–water partition coefficient (Wildman–Crippen LogP) is 4.00. The molecule has 1 heteroatoms. The molecule has 0 aromatic heterocycles. The summed E-state index contributed by atoms with van der Waals surface area (Å²) in [4.78, 5) is 0. The van der Waals surface area contributed by atoms with Gasteiger partial charge in [0.05, 0.1) is 0 Å². The first-order chi connectivity index (χ1) is 8.69. The summed E-state index contributed by atoms with van der Waals surface area (Å²) in [6.07, 6.45) is 5.90. The molecule has 1 aromatic rings. The number of nitrogens with one attached hydrogen (secondary N) is 1. The lowest BCUT2D eigenvalue weighted by molar-refractivity contribution is 0.259. The summed E-state index contributed by atoms with van der Waals surface area (Å²) in [5.41, 5.74) is 4.33. The fourth-order valence-corrected chi connectivity index (χ4v) is 4.29. The molecule has 98 valence electrons. The first-order valence-corrected chi connectivity index (χ1v) is 7.43. The van der Waals surface area contributed by atoms with E-state index in [1.54, 1.807) is 0 Å². The Bertz CT molecular complexity index is 437. The molecular formula is C17H25N. The highest BCUT2D eigenvalue weighted by Gasteiger charge is 2.43. The van der Waals surface area contributed by atoms with Crippen molar-refractivity contribution < 1.29 is 0 Å². The van der Waals surface area contributed by atoms with Crippen LogP contribution >= 0.6 is 0 Å². The molecule has 2 aliphatic rings. The third-order valence-corrected chi connectivity index (χ3v) is 5.42. The van der Waals surface area contributed by atoms with Crippen LogP contribution in [-0.4, -0.2) is 7.05 Å². The smallest absolute Gasteiger partial charge is 0.0349 e. The first-order valence-electron chi connectivity index (χ1n) is 7.43. The summed E-state index contributed by atoms with van der Waals surface area (Å²) >= 11 is 0. The number of aryl methyl sites for hydroxylation is 2. The van der Waals surface area contributed by atoms with Crippen LogP contribution in [0.15, 0.2) is 18.2 Å². The molecule has 1 nitrogen and oxygen atoms in total. The van der Waals surface area contributed by atoms with E-state index in [0.29, 0.717) is 6.04 Å². The Hall–Kier alpha value is -0.820. The fraction of sp³-hybridized carbons (Fsp3) is 0.647. The van der Waals surface area contributed by atoms with Gasteiger partial charge in [-0.15, -0.1) is 0 Å². The molecule has 4 unspecified atom stereocenters. The lowest BCUT2D eigenvalue weighted by Gasteiger charge is -2.31. The van der Waals surface area contributed by atoms with E-state index in [2.05, 4.69) is 44.4 Å². The van der Waals surface area contributed by atoms with Crippen molar-refractivity contribution in [2.45, 2.75) is 45.6 Å². The van der Waals surface area contributed by atoms with Gasteiger partial charge in [0.15, 0.2) is 0 Å². The third kappa shape index (κ3) is 1.99. The highest BCUT2D eigenvalue weighted by molar-refractivity contribution is 5.32. The Morgan fingerprint density at radius 2 is 1.94 bits per heavy atom. The van der Waals surface area contributed by atoms with E-state index in [9.17, 15) is 0 Å². The van der Waals surface area contributed by atoms with Crippen LogP contribution in [-0.2, 0) is 0 Å². The zero-order chi connectivity index (χ0) is 12.7. The summed E-state index contributed by atoms with van der Waals surface area (Å²) in [5, 5.41) is 3.59. The van der Waals surface area contributed by atoms with Crippen LogP contribution in [0.3, 0.4) is 0 Å². The zero-order valence-electron chi connectivity index (χ0n) is 11.9. The largest absolute Gasteiger partial charge is 0.313 e. The Morgan fingerprint density at radius 3 is 2.50 bits per heavy atom. The molecule has 0 heterocycles. The van der Waals surface area contributed by atoms with Crippen LogP contribution in [0.4, 0.5) is 0 Å². The van der Waals surface area contributed by atoms with Crippen molar-refractivity contribution in [3.8, 4) is 0 Å². The molecule has 0 aliphatic heterocycles. The number of rotatable bonds is 3. The molecule has 2 bridgehead atoms. The number of benzene rings is 1. The van der Waals surface area contributed by atoms with Gasteiger partial charge in [0.1, 0.15) is 0 Å². The fourth-order valence-electron chi connectivity index (χ4n) is 4.29. The molecule has 0 radical (unpaired) electrons. The third-order valence-electron chi connectivity index (χ3n) is 5.42. The second-order valence-corrected chi connectivity index (χ2v) is 6.45. The summed E-state index contributed by atoms with van der Waals surface area (Å²) in [5.74, 6) is 2.88. The molecule has 0 spiro atoms. The lowest BCUT2D eigenvalue weighted by atomic mass is 9.80. The molecule has 0 amide bonds. The van der Waals surface area contributed by atoms with E-state index in [1.165, 1.54) is 42.4 Å². The lowest BCUT2D eigenvalue weighted by Crippen LogP contribution is -2.29. The summed E-state index contributed by atoms with van der Waals surface area (Å²) < 4.78 is 0. The monoisotopic (exact) mass is 243 g/mol. The SMILES string of the molecule is CNC(c1ccc(C)c(C)c1)C1CC2CCC1C2. The van der Waals surface area contributed by atoms with Crippen molar-refractivity contribution in [1.29, 1.82) is 0 Å². The number of hydrogen-bond donors (Lipinski definition) is 1. The van der Waals surface area contributed by atoms with Crippen LogP contribution < -0.4 is 5.32 Å². The minimum Gasteiger partial charge on any atom is -0.313 e. The Morgan fingerprint density at radius 1 is 1.11 bits per heavy atom. The van der Waals surface area contributed by atoms with E-state index in [1.807, 2.05) is 0 Å². The maximum absolute atomic E-state index is 3.59. The molecule has 2 fully saturated rings. The molecule has 2 saturated carbocycles. The van der Waals surface area contributed by atoms with Crippen LogP contribution in [0.1, 0.15) is 48.4 Å². The van der Waals surface area contributed by atoms with Crippen molar-refractivity contribution in [3.63, 3.8) is 0 Å². The number of hydrogen-bond acceptors (Lipinski definition) is 1. The second kappa shape index (κ2) is 4.70. The Labute approximate surface area is 111 Å². The maximum Gasteiger partial charge on any atom is 0.0349 e. The molecule has 1 N–H and O–H groups in total. The molecule has 2 aliphatic carbocycles. The highest BCUT2D eigenvalue weighted by Crippen LogP contribution is 2.52. The average Bonchev–Trinajstić information content (AvgIpc) is 2.97. The molecule has 0 saturated heterocycles. The van der Waals surface area contributed by atoms with Gasteiger partial charge >= 0.3 is 0 Å². The molecule has 1 aromatic carbocycles. The van der Waals surface area contributed by atoms with Crippen LogP contribution in [0, 0.1) is 31.6 Å². The first kappa shape index (κ1) is 12.2. The normalized spacial score (nSPS) is 31.8. The minimum absolute atomic E-state index is 0.569. The topological polar surface area (TPSA) is 12.0 Å². The van der Waals surface area contributed by atoms with Gasteiger partial charge in [-0.2, -0.15) is 0 Å². The van der Waals surface area contributed by atoms with Crippen molar-refractivity contribution >= 4 is 0 Å². The van der Waals surface area contributed by atoms with Crippen molar-refractivity contribution in [2.24, 2.45) is 17.8 Å². The average molecular weight is 243 g/mol. The quantitative estimate of drug-likeness (QED) is 0.846. The van der Waals surface area contributed by atoms with Gasteiger partial charge in [-0.05, 0) is 74.6 Å². The van der Waals surface area contributed by atoms with Gasteiger partial charge in [0.25, 0.3) is 0 Å². The van der Waals surface area contributed by atoms with Crippen LogP contribution in [0.25, 0.3) is 0 Å². The predicted molar refractivity (Wildman–Crippen MR) is 76.7 cm³/mol. The van der Waals surface area contributed by atoms with E-state index in [0.717, 1.165) is 17.8 Å². The Kier molecular flexibility index (Phi) is 3.19. The Balaban J connectivity index is 1.85. The highest BCUT2D eigenvalue weighted by atomic mass is 14.9. The van der Waals surface area contributed by atoms with E-state index < -0.39 is 0 Å². The van der Waals surface area contributed by atoms with Crippen molar-refractivity contribution in [1.82, 2.24) is 5.32 Å². The van der Waals surface area contributed by atoms with E-state index >= 15 is 0 Å². The van der Waals surface area contributed by atoms with E-state index in [-0.39, 0.29) is 0 Å².